The van der Waals surface area contributed by atoms with Crippen molar-refractivity contribution in [2.75, 3.05) is 13.3 Å². The Labute approximate surface area is 144 Å². The lowest BCUT2D eigenvalue weighted by molar-refractivity contribution is -0.120. The first-order valence-electron chi connectivity index (χ1n) is 8.42. The topological polar surface area (TPSA) is 82.4 Å². The van der Waals surface area contributed by atoms with E-state index in [2.05, 4.69) is 10.4 Å². The number of benzene rings is 1. The van der Waals surface area contributed by atoms with Crippen molar-refractivity contribution < 1.29 is 14.3 Å². The van der Waals surface area contributed by atoms with Crippen LogP contribution in [0.4, 0.5) is 0 Å². The third-order valence-corrected chi connectivity index (χ3v) is 4.33. The van der Waals surface area contributed by atoms with Crippen LogP contribution in [0.15, 0.2) is 35.1 Å². The summed E-state index contributed by atoms with van der Waals surface area (Å²) < 4.78 is 12.0. The fourth-order valence-corrected chi connectivity index (χ4v) is 2.82. The van der Waals surface area contributed by atoms with Crippen LogP contribution >= 0.6 is 0 Å². The molecule has 2 aromatic rings. The summed E-state index contributed by atoms with van der Waals surface area (Å²) in [6.45, 7) is 0.948. The molecular weight excluding hydrogens is 322 g/mol. The minimum atomic E-state index is -0.144. The van der Waals surface area contributed by atoms with E-state index in [-0.39, 0.29) is 24.7 Å². The fraction of sp³-hybridized carbons (Fsp3) is 0.389. The van der Waals surface area contributed by atoms with Crippen LogP contribution in [-0.4, -0.2) is 29.0 Å². The van der Waals surface area contributed by atoms with Crippen LogP contribution in [0.3, 0.4) is 0 Å². The van der Waals surface area contributed by atoms with E-state index in [1.165, 1.54) is 4.68 Å². The Morgan fingerprint density at radius 2 is 2.04 bits per heavy atom. The van der Waals surface area contributed by atoms with Crippen LogP contribution in [0.1, 0.15) is 30.0 Å². The number of nitrogens with one attached hydrogen (secondary N) is 1. The van der Waals surface area contributed by atoms with Crippen LogP contribution in [0, 0.1) is 0 Å². The minimum absolute atomic E-state index is 0.106. The zero-order valence-corrected chi connectivity index (χ0v) is 13.7. The van der Waals surface area contributed by atoms with Crippen LogP contribution in [0.2, 0.25) is 0 Å². The summed E-state index contributed by atoms with van der Waals surface area (Å²) in [4.78, 5) is 23.9. The molecule has 1 aromatic carbocycles. The lowest BCUT2D eigenvalue weighted by atomic mass is 10.1. The lowest BCUT2D eigenvalue weighted by Gasteiger charge is -2.08. The third-order valence-electron chi connectivity index (χ3n) is 4.33. The maximum absolute atomic E-state index is 12.1. The maximum Gasteiger partial charge on any atom is 0.266 e. The summed E-state index contributed by atoms with van der Waals surface area (Å²) in [5.74, 6) is 1.75. The Kier molecular flexibility index (Phi) is 4.13. The first kappa shape index (κ1) is 15.7. The number of carbonyl (C=O) groups is 1. The van der Waals surface area contributed by atoms with Crippen molar-refractivity contribution in [2.24, 2.45) is 0 Å². The Balaban J connectivity index is 1.30. The molecule has 1 aromatic heterocycles. The summed E-state index contributed by atoms with van der Waals surface area (Å²) in [5, 5.41) is 7.21. The van der Waals surface area contributed by atoms with E-state index in [9.17, 15) is 9.59 Å². The number of amides is 1. The molecular formula is C18H19N3O4. The van der Waals surface area contributed by atoms with Crippen LogP contribution in [0.5, 0.6) is 11.5 Å². The number of carbonyl (C=O) groups excluding carboxylic acids is 1. The average molecular weight is 341 g/mol. The number of fused-ring (bicyclic) bond motifs is 1. The van der Waals surface area contributed by atoms with Crippen LogP contribution in [0.25, 0.3) is 0 Å². The highest BCUT2D eigenvalue weighted by Crippen LogP contribution is 2.38. The number of aromatic nitrogens is 2. The van der Waals surface area contributed by atoms with E-state index in [1.807, 2.05) is 12.1 Å². The smallest absolute Gasteiger partial charge is 0.266 e. The number of rotatable bonds is 6. The van der Waals surface area contributed by atoms with Gasteiger partial charge in [0.25, 0.3) is 5.56 Å². The second-order valence-corrected chi connectivity index (χ2v) is 6.31. The molecule has 1 amide bonds. The first-order chi connectivity index (χ1) is 12.2. The summed E-state index contributed by atoms with van der Waals surface area (Å²) in [5.41, 5.74) is 1.67. The number of nitrogens with zero attached hydrogens (tertiary/aromatic N) is 2. The van der Waals surface area contributed by atoms with Crippen molar-refractivity contribution in [3.63, 3.8) is 0 Å². The van der Waals surface area contributed by atoms with Gasteiger partial charge >= 0.3 is 0 Å². The highest BCUT2D eigenvalue weighted by Gasteiger charge is 2.25. The van der Waals surface area contributed by atoms with Gasteiger partial charge in [0.05, 0.1) is 18.7 Å². The number of hydrogen-bond donors (Lipinski definition) is 1. The van der Waals surface area contributed by atoms with Crippen molar-refractivity contribution in [1.29, 1.82) is 0 Å². The molecule has 4 rings (SSSR count). The second-order valence-electron chi connectivity index (χ2n) is 6.31. The van der Waals surface area contributed by atoms with E-state index >= 15 is 0 Å². The van der Waals surface area contributed by atoms with E-state index in [1.54, 1.807) is 18.2 Å². The molecule has 0 spiro atoms. The second kappa shape index (κ2) is 6.58. The van der Waals surface area contributed by atoms with Crippen molar-refractivity contribution in [1.82, 2.24) is 15.1 Å². The Hall–Kier alpha value is -2.83. The van der Waals surface area contributed by atoms with Crippen molar-refractivity contribution >= 4 is 5.91 Å². The number of hydrogen-bond acceptors (Lipinski definition) is 5. The molecule has 7 heteroatoms. The third kappa shape index (κ3) is 3.65. The van der Waals surface area contributed by atoms with E-state index in [0.29, 0.717) is 30.5 Å². The van der Waals surface area contributed by atoms with Gasteiger partial charge in [-0.05, 0) is 36.6 Å². The van der Waals surface area contributed by atoms with Gasteiger partial charge in [0.2, 0.25) is 12.7 Å². The SMILES string of the molecule is O=C(Cc1ccc2c(c1)OCO2)NCCn1nc(C2CC2)ccc1=O. The maximum atomic E-state index is 12.1. The molecule has 7 nitrogen and oxygen atoms in total. The van der Waals surface area contributed by atoms with Gasteiger partial charge in [0, 0.05) is 18.5 Å². The monoisotopic (exact) mass is 341 g/mol. The molecule has 0 bridgehead atoms. The lowest BCUT2D eigenvalue weighted by Crippen LogP contribution is -2.32. The molecule has 0 radical (unpaired) electrons. The number of ether oxygens (including phenoxy) is 2. The zero-order chi connectivity index (χ0) is 17.2. The molecule has 0 atom stereocenters. The van der Waals surface area contributed by atoms with Gasteiger partial charge in [0.15, 0.2) is 11.5 Å². The van der Waals surface area contributed by atoms with Gasteiger partial charge in [-0.15, -0.1) is 0 Å². The van der Waals surface area contributed by atoms with Gasteiger partial charge in [-0.25, -0.2) is 4.68 Å². The fourth-order valence-electron chi connectivity index (χ4n) is 2.82. The molecule has 2 heterocycles. The van der Waals surface area contributed by atoms with Crippen LogP contribution in [-0.2, 0) is 17.8 Å². The average Bonchev–Trinajstić information content (AvgIpc) is 3.34. The first-order valence-corrected chi connectivity index (χ1v) is 8.42. The van der Waals surface area contributed by atoms with E-state index < -0.39 is 0 Å². The molecule has 1 fully saturated rings. The minimum Gasteiger partial charge on any atom is -0.454 e. The van der Waals surface area contributed by atoms with Crippen molar-refractivity contribution in [3.8, 4) is 11.5 Å². The molecule has 25 heavy (non-hydrogen) atoms. The molecule has 1 saturated carbocycles. The van der Waals surface area contributed by atoms with Crippen molar-refractivity contribution in [3.05, 3.63) is 51.9 Å². The predicted molar refractivity (Wildman–Crippen MR) is 89.8 cm³/mol. The summed E-state index contributed by atoms with van der Waals surface area (Å²) in [7, 11) is 0. The highest BCUT2D eigenvalue weighted by atomic mass is 16.7. The van der Waals surface area contributed by atoms with Gasteiger partial charge in [-0.2, -0.15) is 5.10 Å². The Morgan fingerprint density at radius 1 is 1.20 bits per heavy atom. The van der Waals surface area contributed by atoms with Gasteiger partial charge < -0.3 is 14.8 Å². The predicted octanol–water partition coefficient (Wildman–Crippen LogP) is 1.21. The molecule has 1 aliphatic heterocycles. The summed E-state index contributed by atoms with van der Waals surface area (Å²) in [6, 6.07) is 8.81. The summed E-state index contributed by atoms with van der Waals surface area (Å²) >= 11 is 0. The molecule has 1 aliphatic carbocycles. The molecule has 0 unspecified atom stereocenters. The largest absolute Gasteiger partial charge is 0.454 e. The van der Waals surface area contributed by atoms with Gasteiger partial charge in [-0.3, -0.25) is 9.59 Å². The van der Waals surface area contributed by atoms with Gasteiger partial charge in [0.1, 0.15) is 0 Å². The van der Waals surface area contributed by atoms with Crippen LogP contribution < -0.4 is 20.3 Å². The molecule has 2 aliphatic rings. The zero-order valence-electron chi connectivity index (χ0n) is 13.7. The molecule has 130 valence electrons. The van der Waals surface area contributed by atoms with E-state index in [0.717, 1.165) is 24.1 Å². The van der Waals surface area contributed by atoms with E-state index in [4.69, 9.17) is 9.47 Å². The van der Waals surface area contributed by atoms with Gasteiger partial charge in [-0.1, -0.05) is 6.07 Å². The highest BCUT2D eigenvalue weighted by molar-refractivity contribution is 5.78. The summed E-state index contributed by atoms with van der Waals surface area (Å²) in [6.07, 6.45) is 2.52. The quantitative estimate of drug-likeness (QED) is 0.854. The Morgan fingerprint density at radius 3 is 2.88 bits per heavy atom. The standard InChI is InChI=1S/C18H19N3O4/c22-17(10-12-1-5-15-16(9-12)25-11-24-15)19-7-8-21-18(23)6-4-14(20-21)13-2-3-13/h1,4-6,9,13H,2-3,7-8,10-11H2,(H,19,22). The normalized spacial score (nSPS) is 15.2. The Bertz CT molecular complexity index is 858. The molecule has 0 saturated heterocycles. The van der Waals surface area contributed by atoms with Crippen molar-refractivity contribution in [2.45, 2.75) is 31.7 Å². The molecule has 1 N–H and O–H groups in total.